The molecule has 12 heteroatoms. The van der Waals surface area contributed by atoms with Gasteiger partial charge in [0.15, 0.2) is 0 Å². The molecule has 0 spiro atoms. The molecule has 29 heavy (non-hydrogen) atoms. The highest BCUT2D eigenvalue weighted by molar-refractivity contribution is 7.89. The van der Waals surface area contributed by atoms with Gasteiger partial charge < -0.3 is 14.0 Å². The molecule has 2 rings (SSSR count). The van der Waals surface area contributed by atoms with Crippen molar-refractivity contribution in [2.24, 2.45) is 0 Å². The number of sulfonamides is 1. The molecule has 0 aliphatic carbocycles. The number of carbonyl (C=O) groups excluding carboxylic acids is 1. The summed E-state index contributed by atoms with van der Waals surface area (Å²) in [6.45, 7) is -0.135. The Kier molecular flexibility index (Phi) is 6.72. The van der Waals surface area contributed by atoms with Crippen LogP contribution < -0.4 is 10.3 Å². The average molecular weight is 425 g/mol. The van der Waals surface area contributed by atoms with Crippen LogP contribution in [0.3, 0.4) is 0 Å². The SMILES string of the molecule is COC(=O)c1cc([N+](=O)[O-])c(=O)n(CCOc2ccc(S(=O)(=O)N(C)C)cc2)c1. The Morgan fingerprint density at radius 3 is 2.38 bits per heavy atom. The molecule has 0 unspecified atom stereocenters. The largest absolute Gasteiger partial charge is 0.492 e. The maximum Gasteiger partial charge on any atom is 0.339 e. The molecule has 0 fully saturated rings. The van der Waals surface area contributed by atoms with E-state index in [9.17, 15) is 28.1 Å². The number of pyridine rings is 1. The van der Waals surface area contributed by atoms with E-state index in [4.69, 9.17) is 4.74 Å². The Hall–Kier alpha value is -3.25. The molecule has 156 valence electrons. The summed E-state index contributed by atoms with van der Waals surface area (Å²) in [4.78, 5) is 34.1. The molecular formula is C17H19N3O8S. The smallest absolute Gasteiger partial charge is 0.339 e. The Labute approximate surface area is 166 Å². The highest BCUT2D eigenvalue weighted by Crippen LogP contribution is 2.18. The normalized spacial score (nSPS) is 11.3. The minimum atomic E-state index is -3.57. The van der Waals surface area contributed by atoms with E-state index in [2.05, 4.69) is 4.74 Å². The van der Waals surface area contributed by atoms with Gasteiger partial charge in [0.1, 0.15) is 12.4 Å². The second-order valence-electron chi connectivity index (χ2n) is 5.97. The molecule has 11 nitrogen and oxygen atoms in total. The predicted octanol–water partition coefficient (Wildman–Crippen LogP) is 0.872. The van der Waals surface area contributed by atoms with Crippen LogP contribution in [-0.2, 0) is 21.3 Å². The van der Waals surface area contributed by atoms with Crippen molar-refractivity contribution in [1.82, 2.24) is 8.87 Å². The second-order valence-corrected chi connectivity index (χ2v) is 8.12. The van der Waals surface area contributed by atoms with E-state index in [1.165, 1.54) is 38.4 Å². The molecule has 1 aromatic carbocycles. The first-order chi connectivity index (χ1) is 13.6. The number of aromatic nitrogens is 1. The van der Waals surface area contributed by atoms with Crippen LogP contribution in [0.25, 0.3) is 0 Å². The Balaban J connectivity index is 2.16. The van der Waals surface area contributed by atoms with Crippen molar-refractivity contribution in [2.45, 2.75) is 11.4 Å². The van der Waals surface area contributed by atoms with E-state index in [0.717, 1.165) is 28.2 Å². The summed E-state index contributed by atoms with van der Waals surface area (Å²) in [7, 11) is 0.383. The van der Waals surface area contributed by atoms with Crippen molar-refractivity contribution in [1.29, 1.82) is 0 Å². The number of hydrogen-bond acceptors (Lipinski definition) is 8. The Morgan fingerprint density at radius 2 is 1.86 bits per heavy atom. The fraction of sp³-hybridized carbons (Fsp3) is 0.294. The van der Waals surface area contributed by atoms with Gasteiger partial charge in [-0.3, -0.25) is 14.9 Å². The average Bonchev–Trinajstić information content (AvgIpc) is 2.68. The Bertz CT molecular complexity index is 1070. The number of methoxy groups -OCH3 is 1. The van der Waals surface area contributed by atoms with Gasteiger partial charge in [-0.25, -0.2) is 17.5 Å². The maximum absolute atomic E-state index is 12.2. The van der Waals surface area contributed by atoms with Gasteiger partial charge in [0.05, 0.1) is 29.0 Å². The predicted molar refractivity (Wildman–Crippen MR) is 102 cm³/mol. The number of nitro groups is 1. The molecule has 0 saturated heterocycles. The molecular weight excluding hydrogens is 406 g/mol. The summed E-state index contributed by atoms with van der Waals surface area (Å²) < 4.78 is 36.1. The summed E-state index contributed by atoms with van der Waals surface area (Å²) >= 11 is 0. The number of esters is 1. The summed E-state index contributed by atoms with van der Waals surface area (Å²) in [5.41, 5.74) is -1.79. The molecule has 0 atom stereocenters. The van der Waals surface area contributed by atoms with Gasteiger partial charge in [-0.2, -0.15) is 0 Å². The molecule has 0 bridgehead atoms. The van der Waals surface area contributed by atoms with Gasteiger partial charge >= 0.3 is 17.2 Å². The van der Waals surface area contributed by atoms with Crippen molar-refractivity contribution in [3.05, 3.63) is 62.6 Å². The first-order valence-corrected chi connectivity index (χ1v) is 9.64. The maximum atomic E-state index is 12.2. The van der Waals surface area contributed by atoms with Crippen LogP contribution in [0.4, 0.5) is 5.69 Å². The fourth-order valence-corrected chi connectivity index (χ4v) is 3.23. The Morgan fingerprint density at radius 1 is 1.24 bits per heavy atom. The number of carbonyl (C=O) groups is 1. The molecule has 1 aromatic heterocycles. The van der Waals surface area contributed by atoms with Gasteiger partial charge in [-0.15, -0.1) is 0 Å². The minimum Gasteiger partial charge on any atom is -0.492 e. The lowest BCUT2D eigenvalue weighted by Crippen LogP contribution is -2.26. The molecule has 0 amide bonds. The molecule has 0 saturated carbocycles. The van der Waals surface area contributed by atoms with E-state index in [1.54, 1.807) is 0 Å². The van der Waals surface area contributed by atoms with Gasteiger partial charge in [0, 0.05) is 26.4 Å². The second kappa shape index (κ2) is 8.84. The first-order valence-electron chi connectivity index (χ1n) is 8.20. The van der Waals surface area contributed by atoms with Crippen molar-refractivity contribution in [3.8, 4) is 5.75 Å². The first kappa shape index (κ1) is 22.0. The number of ether oxygens (including phenoxy) is 2. The van der Waals surface area contributed by atoms with Crippen LogP contribution in [0.2, 0.25) is 0 Å². The van der Waals surface area contributed by atoms with Crippen molar-refractivity contribution in [2.75, 3.05) is 27.8 Å². The van der Waals surface area contributed by atoms with E-state index in [1.807, 2.05) is 0 Å². The van der Waals surface area contributed by atoms with Crippen molar-refractivity contribution in [3.63, 3.8) is 0 Å². The van der Waals surface area contributed by atoms with Crippen molar-refractivity contribution >= 4 is 21.7 Å². The summed E-state index contributed by atoms with van der Waals surface area (Å²) in [6.07, 6.45) is 1.15. The lowest BCUT2D eigenvalue weighted by atomic mass is 10.2. The quantitative estimate of drug-likeness (QED) is 0.345. The zero-order valence-electron chi connectivity index (χ0n) is 15.9. The van der Waals surface area contributed by atoms with E-state index in [-0.39, 0.29) is 23.6 Å². The number of benzene rings is 1. The number of rotatable bonds is 8. The van der Waals surface area contributed by atoms with Crippen LogP contribution in [-0.4, -0.2) is 56.0 Å². The number of hydrogen-bond donors (Lipinski definition) is 0. The topological polar surface area (TPSA) is 138 Å². The monoisotopic (exact) mass is 425 g/mol. The van der Waals surface area contributed by atoms with E-state index in [0.29, 0.717) is 5.75 Å². The standard InChI is InChI=1S/C17H19N3O8S/c1-18(2)29(25,26)14-6-4-13(5-7-14)28-9-8-19-11-12(17(22)27-3)10-15(16(19)21)20(23)24/h4-7,10-11H,8-9H2,1-3H3. The summed E-state index contributed by atoms with van der Waals surface area (Å²) in [5, 5.41) is 11.0. The zero-order chi connectivity index (χ0) is 21.8. The molecule has 1 heterocycles. The van der Waals surface area contributed by atoms with Gasteiger partial charge in [-0.1, -0.05) is 0 Å². The molecule has 2 aromatic rings. The van der Waals surface area contributed by atoms with Crippen molar-refractivity contribution < 1.29 is 27.6 Å². The molecule has 0 aliphatic rings. The number of nitrogens with zero attached hydrogens (tertiary/aromatic N) is 3. The summed E-state index contributed by atoms with van der Waals surface area (Å²) in [6, 6.07) is 6.51. The molecule has 0 aliphatic heterocycles. The lowest BCUT2D eigenvalue weighted by molar-refractivity contribution is -0.386. The van der Waals surface area contributed by atoms with Crippen LogP contribution in [0.5, 0.6) is 5.75 Å². The highest BCUT2D eigenvalue weighted by Gasteiger charge is 2.20. The third-order valence-electron chi connectivity index (χ3n) is 3.89. The zero-order valence-corrected chi connectivity index (χ0v) is 16.7. The lowest BCUT2D eigenvalue weighted by Gasteiger charge is -2.12. The van der Waals surface area contributed by atoms with Crippen LogP contribution in [0, 0.1) is 10.1 Å². The van der Waals surface area contributed by atoms with E-state index >= 15 is 0 Å². The third kappa shape index (κ3) is 4.97. The molecule has 0 N–H and O–H groups in total. The summed E-state index contributed by atoms with van der Waals surface area (Å²) in [5.74, 6) is -0.477. The van der Waals surface area contributed by atoms with Gasteiger partial charge in [0.2, 0.25) is 10.0 Å². The highest BCUT2D eigenvalue weighted by atomic mass is 32.2. The van der Waals surface area contributed by atoms with Crippen LogP contribution in [0.1, 0.15) is 10.4 Å². The fourth-order valence-electron chi connectivity index (χ4n) is 2.33. The minimum absolute atomic E-state index is 0.0541. The van der Waals surface area contributed by atoms with Gasteiger partial charge in [0.25, 0.3) is 0 Å². The van der Waals surface area contributed by atoms with Crippen LogP contribution in [0.15, 0.2) is 46.2 Å². The third-order valence-corrected chi connectivity index (χ3v) is 5.72. The van der Waals surface area contributed by atoms with Gasteiger partial charge in [-0.05, 0) is 24.3 Å². The van der Waals surface area contributed by atoms with Crippen LogP contribution >= 0.6 is 0 Å². The van der Waals surface area contributed by atoms with E-state index < -0.39 is 32.2 Å². The molecule has 0 radical (unpaired) electrons.